The van der Waals surface area contributed by atoms with Gasteiger partial charge in [0.15, 0.2) is 11.5 Å². The number of hydrogen-bond acceptors (Lipinski definition) is 4. The van der Waals surface area contributed by atoms with E-state index in [1.54, 1.807) is 11.0 Å². The molecule has 1 aliphatic carbocycles. The lowest BCUT2D eigenvalue weighted by Gasteiger charge is -2.33. The highest BCUT2D eigenvalue weighted by Crippen LogP contribution is 2.49. The van der Waals surface area contributed by atoms with E-state index >= 15 is 0 Å². The number of carboxylic acids is 1. The van der Waals surface area contributed by atoms with Crippen molar-refractivity contribution < 1.29 is 24.2 Å². The van der Waals surface area contributed by atoms with Gasteiger partial charge in [-0.25, -0.2) is 0 Å². The molecular weight excluding hydrogens is 310 g/mol. The second-order valence-electron chi connectivity index (χ2n) is 7.08. The van der Waals surface area contributed by atoms with Crippen molar-refractivity contribution in [2.75, 3.05) is 13.1 Å². The Morgan fingerprint density at radius 1 is 1.25 bits per heavy atom. The first-order valence-corrected chi connectivity index (χ1v) is 8.46. The van der Waals surface area contributed by atoms with E-state index in [9.17, 15) is 14.7 Å². The van der Waals surface area contributed by atoms with Gasteiger partial charge in [0.25, 0.3) is 5.91 Å². The summed E-state index contributed by atoms with van der Waals surface area (Å²) < 4.78 is 11.7. The highest BCUT2D eigenvalue weighted by atomic mass is 16.6. The number of benzene rings is 1. The summed E-state index contributed by atoms with van der Waals surface area (Å²) in [6.45, 7) is 2.59. The first kappa shape index (κ1) is 15.3. The Balaban J connectivity index is 1.54. The number of carboxylic acid groups (broad SMARTS) is 1. The molecule has 0 radical (unpaired) electrons. The minimum absolute atomic E-state index is 0.0473. The molecule has 1 saturated carbocycles. The van der Waals surface area contributed by atoms with Crippen LogP contribution in [0.2, 0.25) is 0 Å². The average Bonchev–Trinajstić information content (AvgIpc) is 3.11. The molecule has 128 valence electrons. The van der Waals surface area contributed by atoms with E-state index in [1.165, 1.54) is 0 Å². The van der Waals surface area contributed by atoms with Crippen LogP contribution in [-0.4, -0.2) is 47.2 Å². The molecule has 4 atom stereocenters. The van der Waals surface area contributed by atoms with Gasteiger partial charge in [-0.15, -0.1) is 0 Å². The molecular formula is C18H21NO5. The standard InChI is InChI=1S/C18H21NO5/c1-11-15(24-14-7-3-2-6-13(14)23-11)16(20)19-9-12-5-4-8-18(12,10-19)17(21)22/h2-3,6-7,11-12,15H,4-5,8-10H2,1H3,(H,21,22)/t11?,12-,15?,18+/m0/s1. The number of para-hydroxylation sites is 2. The second kappa shape index (κ2) is 5.40. The number of carbonyl (C=O) groups is 2. The minimum Gasteiger partial charge on any atom is -0.482 e. The van der Waals surface area contributed by atoms with E-state index in [1.807, 2.05) is 25.1 Å². The fraction of sp³-hybridized carbons (Fsp3) is 0.556. The number of fused-ring (bicyclic) bond motifs is 2. The predicted octanol–water partition coefficient (Wildman–Crippen LogP) is 1.93. The molecule has 0 spiro atoms. The van der Waals surface area contributed by atoms with E-state index in [2.05, 4.69) is 0 Å². The molecule has 6 nitrogen and oxygen atoms in total. The molecule has 1 N–H and O–H groups in total. The van der Waals surface area contributed by atoms with Crippen molar-refractivity contribution in [3.05, 3.63) is 24.3 Å². The molecule has 2 fully saturated rings. The van der Waals surface area contributed by atoms with Crippen LogP contribution in [0.4, 0.5) is 0 Å². The summed E-state index contributed by atoms with van der Waals surface area (Å²) in [6.07, 6.45) is 1.30. The third-order valence-corrected chi connectivity index (χ3v) is 5.69. The van der Waals surface area contributed by atoms with Crippen LogP contribution in [0, 0.1) is 11.3 Å². The fourth-order valence-corrected chi connectivity index (χ4v) is 4.38. The number of hydrogen-bond donors (Lipinski definition) is 1. The number of rotatable bonds is 2. The number of amides is 1. The van der Waals surface area contributed by atoms with Crippen molar-refractivity contribution in [1.82, 2.24) is 4.90 Å². The number of ether oxygens (including phenoxy) is 2. The zero-order valence-electron chi connectivity index (χ0n) is 13.6. The molecule has 1 saturated heterocycles. The molecule has 0 aromatic heterocycles. The van der Waals surface area contributed by atoms with Gasteiger partial charge >= 0.3 is 5.97 Å². The van der Waals surface area contributed by atoms with Gasteiger partial charge < -0.3 is 19.5 Å². The molecule has 1 aromatic carbocycles. The third-order valence-electron chi connectivity index (χ3n) is 5.69. The van der Waals surface area contributed by atoms with Crippen molar-refractivity contribution >= 4 is 11.9 Å². The van der Waals surface area contributed by atoms with Crippen LogP contribution >= 0.6 is 0 Å². The molecule has 2 aliphatic heterocycles. The van der Waals surface area contributed by atoms with Crippen LogP contribution in [-0.2, 0) is 9.59 Å². The maximum atomic E-state index is 12.9. The van der Waals surface area contributed by atoms with Gasteiger partial charge in [0.05, 0.1) is 5.41 Å². The first-order chi connectivity index (χ1) is 11.5. The van der Waals surface area contributed by atoms with E-state index in [4.69, 9.17) is 9.47 Å². The maximum Gasteiger partial charge on any atom is 0.311 e. The van der Waals surface area contributed by atoms with Gasteiger partial charge in [0, 0.05) is 13.1 Å². The predicted molar refractivity (Wildman–Crippen MR) is 84.9 cm³/mol. The van der Waals surface area contributed by atoms with Crippen LogP contribution < -0.4 is 9.47 Å². The van der Waals surface area contributed by atoms with Crippen LogP contribution in [0.15, 0.2) is 24.3 Å². The number of aliphatic carboxylic acids is 1. The van der Waals surface area contributed by atoms with Gasteiger partial charge in [0.2, 0.25) is 6.10 Å². The topological polar surface area (TPSA) is 76.1 Å². The van der Waals surface area contributed by atoms with E-state index in [0.717, 1.165) is 12.8 Å². The lowest BCUT2D eigenvalue weighted by atomic mass is 9.81. The normalized spacial score (nSPS) is 34.0. The first-order valence-electron chi connectivity index (χ1n) is 8.46. The van der Waals surface area contributed by atoms with Crippen LogP contribution in [0.5, 0.6) is 11.5 Å². The summed E-state index contributed by atoms with van der Waals surface area (Å²) >= 11 is 0. The van der Waals surface area contributed by atoms with E-state index < -0.39 is 23.6 Å². The van der Waals surface area contributed by atoms with Gasteiger partial charge in [-0.05, 0) is 37.8 Å². The Hall–Kier alpha value is -2.24. The fourth-order valence-electron chi connectivity index (χ4n) is 4.38. The monoisotopic (exact) mass is 331 g/mol. The van der Waals surface area contributed by atoms with Gasteiger partial charge in [0.1, 0.15) is 6.10 Å². The Kier molecular flexibility index (Phi) is 3.44. The van der Waals surface area contributed by atoms with E-state index in [-0.39, 0.29) is 18.4 Å². The Labute approximate surface area is 140 Å². The van der Waals surface area contributed by atoms with Gasteiger partial charge in [-0.2, -0.15) is 0 Å². The van der Waals surface area contributed by atoms with Gasteiger partial charge in [-0.1, -0.05) is 18.6 Å². The second-order valence-corrected chi connectivity index (χ2v) is 7.08. The molecule has 4 rings (SSSR count). The summed E-state index contributed by atoms with van der Waals surface area (Å²) in [5.41, 5.74) is -0.771. The minimum atomic E-state index is -0.778. The van der Waals surface area contributed by atoms with Crippen molar-refractivity contribution in [2.24, 2.45) is 11.3 Å². The average molecular weight is 331 g/mol. The number of carbonyl (C=O) groups excluding carboxylic acids is 1. The molecule has 2 heterocycles. The number of likely N-dealkylation sites (tertiary alicyclic amines) is 1. The summed E-state index contributed by atoms with van der Waals surface area (Å²) in [7, 11) is 0. The van der Waals surface area contributed by atoms with Crippen molar-refractivity contribution in [2.45, 2.75) is 38.4 Å². The lowest BCUT2D eigenvalue weighted by molar-refractivity contribution is -0.150. The molecule has 6 heteroatoms. The van der Waals surface area contributed by atoms with E-state index in [0.29, 0.717) is 24.5 Å². The van der Waals surface area contributed by atoms with Crippen LogP contribution in [0.3, 0.4) is 0 Å². The Morgan fingerprint density at radius 3 is 2.62 bits per heavy atom. The highest BCUT2D eigenvalue weighted by molar-refractivity contribution is 5.85. The molecule has 3 aliphatic rings. The van der Waals surface area contributed by atoms with Crippen LogP contribution in [0.1, 0.15) is 26.2 Å². The smallest absolute Gasteiger partial charge is 0.311 e. The Bertz CT molecular complexity index is 690. The quantitative estimate of drug-likeness (QED) is 0.896. The molecule has 24 heavy (non-hydrogen) atoms. The highest BCUT2D eigenvalue weighted by Gasteiger charge is 2.56. The largest absolute Gasteiger partial charge is 0.482 e. The van der Waals surface area contributed by atoms with Gasteiger partial charge in [-0.3, -0.25) is 9.59 Å². The summed E-state index contributed by atoms with van der Waals surface area (Å²) in [6, 6.07) is 7.28. The summed E-state index contributed by atoms with van der Waals surface area (Å²) in [5, 5.41) is 9.67. The molecule has 2 unspecified atom stereocenters. The molecule has 0 bridgehead atoms. The summed E-state index contributed by atoms with van der Waals surface area (Å²) in [5.74, 6) is 0.285. The Morgan fingerprint density at radius 2 is 1.96 bits per heavy atom. The summed E-state index contributed by atoms with van der Waals surface area (Å²) in [4.78, 5) is 26.4. The lowest BCUT2D eigenvalue weighted by Crippen LogP contribution is -2.50. The van der Waals surface area contributed by atoms with Crippen molar-refractivity contribution in [3.8, 4) is 11.5 Å². The van der Waals surface area contributed by atoms with Crippen molar-refractivity contribution in [3.63, 3.8) is 0 Å². The van der Waals surface area contributed by atoms with Crippen molar-refractivity contribution in [1.29, 1.82) is 0 Å². The third kappa shape index (κ3) is 2.16. The molecule has 1 amide bonds. The SMILES string of the molecule is CC1Oc2ccccc2OC1C(=O)N1C[C@@H]2CCC[C@@]2(C(=O)O)C1. The number of nitrogens with zero attached hydrogens (tertiary/aromatic N) is 1. The molecule has 1 aromatic rings. The zero-order valence-corrected chi connectivity index (χ0v) is 13.6. The maximum absolute atomic E-state index is 12.9. The van der Waals surface area contributed by atoms with Crippen LogP contribution in [0.25, 0.3) is 0 Å². The zero-order chi connectivity index (χ0) is 16.9.